The number of aromatic nitrogens is 2. The van der Waals surface area contributed by atoms with Crippen LogP contribution in [0.2, 0.25) is 10.0 Å². The largest absolute Gasteiger partial charge is 0.324 e. The zero-order valence-electron chi connectivity index (χ0n) is 26.4. The van der Waals surface area contributed by atoms with Gasteiger partial charge in [0.25, 0.3) is 0 Å². The molecule has 0 saturated carbocycles. The van der Waals surface area contributed by atoms with Crippen LogP contribution in [0.1, 0.15) is 63.3 Å². The summed E-state index contributed by atoms with van der Waals surface area (Å²) in [6, 6.07) is 21.9. The van der Waals surface area contributed by atoms with E-state index in [1.54, 1.807) is 15.1 Å². The van der Waals surface area contributed by atoms with E-state index in [2.05, 4.69) is 37.5 Å². The lowest BCUT2D eigenvalue weighted by Crippen LogP contribution is -2.46. The van der Waals surface area contributed by atoms with Crippen molar-refractivity contribution in [3.8, 4) is 5.69 Å². The van der Waals surface area contributed by atoms with Gasteiger partial charge in [0.15, 0.2) is 0 Å². The summed E-state index contributed by atoms with van der Waals surface area (Å²) in [5.74, 6) is 0.904. The maximum atomic E-state index is 13.7. The Labute approximate surface area is 281 Å². The number of benzene rings is 3. The molecule has 0 aliphatic carbocycles. The van der Waals surface area contributed by atoms with Gasteiger partial charge in [-0.1, -0.05) is 73.8 Å². The molecule has 46 heavy (non-hydrogen) atoms. The molecule has 2 bridgehead atoms. The minimum atomic E-state index is -3.77. The summed E-state index contributed by atoms with van der Waals surface area (Å²) in [7, 11) is -3.77. The monoisotopic (exact) mass is 679 g/mol. The number of halogens is 2. The van der Waals surface area contributed by atoms with E-state index in [4.69, 9.17) is 28.3 Å². The number of hydrogen-bond acceptors (Lipinski definition) is 4. The lowest BCUT2D eigenvalue weighted by molar-refractivity contribution is 0.190. The Morgan fingerprint density at radius 1 is 0.935 bits per heavy atom. The average molecular weight is 681 g/mol. The van der Waals surface area contributed by atoms with Gasteiger partial charge in [-0.25, -0.2) is 17.9 Å². The van der Waals surface area contributed by atoms with E-state index in [1.165, 1.54) is 12.1 Å². The van der Waals surface area contributed by atoms with Gasteiger partial charge >= 0.3 is 6.03 Å². The second-order valence-corrected chi connectivity index (χ2v) is 16.2. The van der Waals surface area contributed by atoms with Gasteiger partial charge in [-0.15, -0.1) is 0 Å². The molecule has 3 heterocycles. The second kappa shape index (κ2) is 12.7. The van der Waals surface area contributed by atoms with Crippen LogP contribution in [0.3, 0.4) is 0 Å². The van der Waals surface area contributed by atoms with Gasteiger partial charge < -0.3 is 5.32 Å². The van der Waals surface area contributed by atoms with Crippen LogP contribution in [-0.4, -0.2) is 40.6 Å². The molecule has 2 aliphatic rings. The number of urea groups is 1. The summed E-state index contributed by atoms with van der Waals surface area (Å²) in [5.41, 5.74) is 4.46. The third kappa shape index (κ3) is 6.83. The molecule has 242 valence electrons. The first-order valence-corrected chi connectivity index (χ1v) is 17.8. The van der Waals surface area contributed by atoms with Gasteiger partial charge in [0.05, 0.1) is 16.4 Å². The van der Waals surface area contributed by atoms with Crippen molar-refractivity contribution in [2.24, 2.45) is 5.92 Å². The predicted octanol–water partition coefficient (Wildman–Crippen LogP) is 8.60. The number of anilines is 2. The number of piperidine rings is 1. The first kappa shape index (κ1) is 32.6. The fourth-order valence-corrected chi connectivity index (χ4v) is 9.33. The molecule has 2 aliphatic heterocycles. The Kier molecular flexibility index (Phi) is 8.97. The van der Waals surface area contributed by atoms with Gasteiger partial charge in [0, 0.05) is 34.3 Å². The maximum absolute atomic E-state index is 13.7. The van der Waals surface area contributed by atoms with Gasteiger partial charge in [0.1, 0.15) is 10.7 Å². The van der Waals surface area contributed by atoms with E-state index in [9.17, 15) is 13.2 Å². The molecule has 3 aromatic carbocycles. The van der Waals surface area contributed by atoms with E-state index in [0.717, 1.165) is 54.6 Å². The van der Waals surface area contributed by atoms with Gasteiger partial charge in [0.2, 0.25) is 10.0 Å². The summed E-state index contributed by atoms with van der Waals surface area (Å²) < 4.78 is 30.8. The SMILES string of the molecule is Cc1ccc(-n2nc(C(C)(C)C)cc2NC(=O)Nc2cccc(CC3CC4CCC(C3)N4S(=O)(=O)c3cc(Cl)ccc3Cl)c2)cc1. The number of nitrogens with one attached hydrogen (secondary N) is 2. The van der Waals surface area contributed by atoms with Crippen LogP contribution in [0, 0.1) is 12.8 Å². The topological polar surface area (TPSA) is 96.3 Å². The number of sulfonamides is 1. The highest BCUT2D eigenvalue weighted by molar-refractivity contribution is 7.89. The molecule has 1 aromatic heterocycles. The third-order valence-corrected chi connectivity index (χ3v) is 11.6. The molecule has 2 fully saturated rings. The average Bonchev–Trinajstić information content (AvgIpc) is 3.54. The molecule has 2 saturated heterocycles. The molecule has 6 rings (SSSR count). The number of aryl methyl sites for hydroxylation is 1. The number of carbonyl (C=O) groups is 1. The smallest absolute Gasteiger partial charge is 0.308 e. The van der Waals surface area contributed by atoms with E-state index < -0.39 is 10.0 Å². The second-order valence-electron chi connectivity index (χ2n) is 13.5. The third-order valence-electron chi connectivity index (χ3n) is 8.92. The number of carbonyl (C=O) groups excluding carboxylic acids is 1. The molecule has 0 spiro atoms. The van der Waals surface area contributed by atoms with Crippen molar-refractivity contribution in [1.82, 2.24) is 14.1 Å². The van der Waals surface area contributed by atoms with Gasteiger partial charge in [-0.3, -0.25) is 5.32 Å². The number of amides is 2. The quantitative estimate of drug-likeness (QED) is 0.204. The number of rotatable bonds is 7. The Balaban J connectivity index is 1.13. The van der Waals surface area contributed by atoms with Gasteiger partial charge in [-0.2, -0.15) is 9.40 Å². The van der Waals surface area contributed by atoms with E-state index in [-0.39, 0.29) is 33.4 Å². The van der Waals surface area contributed by atoms with Crippen molar-refractivity contribution in [1.29, 1.82) is 0 Å². The Morgan fingerprint density at radius 2 is 1.63 bits per heavy atom. The number of hydrogen-bond donors (Lipinski definition) is 2. The zero-order chi connectivity index (χ0) is 32.8. The van der Waals surface area contributed by atoms with Crippen LogP contribution in [0.4, 0.5) is 16.3 Å². The standard InChI is InChI=1S/C35H39Cl2N5O3S/c1-22-8-11-27(12-9-22)41-33(21-32(40-41)35(2,3)4)39-34(43)38-26-7-5-6-23(17-26)16-24-18-28-13-14-29(19-24)42(28)46(44,45)31-20-25(36)10-15-30(31)37/h5-12,15,17,20-21,24,28-29H,13-14,16,18-19H2,1-4H3,(H2,38,39,43). The lowest BCUT2D eigenvalue weighted by Gasteiger charge is -2.38. The molecule has 11 heteroatoms. The highest BCUT2D eigenvalue weighted by atomic mass is 35.5. The fraction of sp³-hybridized carbons (Fsp3) is 0.371. The van der Waals surface area contributed by atoms with Crippen LogP contribution in [0.5, 0.6) is 0 Å². The molecule has 2 unspecified atom stereocenters. The number of nitrogens with zero attached hydrogens (tertiary/aromatic N) is 3. The van der Waals surface area contributed by atoms with Crippen molar-refractivity contribution < 1.29 is 13.2 Å². The molecule has 2 amide bonds. The summed E-state index contributed by atoms with van der Waals surface area (Å²) in [4.78, 5) is 13.3. The van der Waals surface area contributed by atoms with Crippen molar-refractivity contribution in [2.75, 3.05) is 10.6 Å². The molecule has 8 nitrogen and oxygen atoms in total. The molecular weight excluding hydrogens is 641 g/mol. The normalized spacial score (nSPS) is 20.1. The first-order valence-electron chi connectivity index (χ1n) is 15.6. The van der Waals surface area contributed by atoms with Crippen molar-refractivity contribution in [3.63, 3.8) is 0 Å². The molecule has 2 N–H and O–H groups in total. The van der Waals surface area contributed by atoms with Crippen LogP contribution in [-0.2, 0) is 21.9 Å². The first-order chi connectivity index (χ1) is 21.8. The minimum absolute atomic E-state index is 0.0746. The van der Waals surface area contributed by atoms with Crippen molar-refractivity contribution in [2.45, 2.75) is 82.2 Å². The highest BCUT2D eigenvalue weighted by Gasteiger charge is 2.47. The molecule has 2 atom stereocenters. The minimum Gasteiger partial charge on any atom is -0.308 e. The van der Waals surface area contributed by atoms with Crippen molar-refractivity contribution >= 4 is 50.8 Å². The van der Waals surface area contributed by atoms with Crippen LogP contribution >= 0.6 is 23.2 Å². The van der Waals surface area contributed by atoms with Crippen LogP contribution in [0.15, 0.2) is 77.7 Å². The Bertz CT molecular complexity index is 1850. The summed E-state index contributed by atoms with van der Waals surface area (Å²) in [6.07, 6.45) is 3.99. The molecular formula is C35H39Cl2N5O3S. The van der Waals surface area contributed by atoms with Crippen LogP contribution in [0.25, 0.3) is 5.69 Å². The number of fused-ring (bicyclic) bond motifs is 2. The van der Waals surface area contributed by atoms with Gasteiger partial charge in [-0.05, 0) is 93.0 Å². The molecule has 0 radical (unpaired) electrons. The summed E-state index contributed by atoms with van der Waals surface area (Å²) in [6.45, 7) is 8.30. The molecule has 4 aromatic rings. The summed E-state index contributed by atoms with van der Waals surface area (Å²) >= 11 is 12.4. The summed E-state index contributed by atoms with van der Waals surface area (Å²) in [5, 5.41) is 11.3. The van der Waals surface area contributed by atoms with E-state index >= 15 is 0 Å². The Hall–Kier alpha value is -3.37. The fourth-order valence-electron chi connectivity index (χ4n) is 6.70. The van der Waals surface area contributed by atoms with E-state index in [1.807, 2.05) is 55.5 Å². The van der Waals surface area contributed by atoms with Crippen molar-refractivity contribution in [3.05, 3.63) is 99.7 Å². The highest BCUT2D eigenvalue weighted by Crippen LogP contribution is 2.44. The Morgan fingerprint density at radius 3 is 2.30 bits per heavy atom. The van der Waals surface area contributed by atoms with E-state index in [0.29, 0.717) is 22.4 Å². The maximum Gasteiger partial charge on any atom is 0.324 e. The predicted molar refractivity (Wildman–Crippen MR) is 185 cm³/mol. The lowest BCUT2D eigenvalue weighted by atomic mass is 9.87. The zero-order valence-corrected chi connectivity index (χ0v) is 28.8. The van der Waals surface area contributed by atoms with Crippen LogP contribution < -0.4 is 10.6 Å².